The summed E-state index contributed by atoms with van der Waals surface area (Å²) in [6.07, 6.45) is 7.57. The number of hydrogen-bond donors (Lipinski definition) is 1. The molecule has 8 unspecified atom stereocenters. The molecule has 2 nitrogen and oxygen atoms in total. The summed E-state index contributed by atoms with van der Waals surface area (Å²) in [5, 5.41) is 3.98. The summed E-state index contributed by atoms with van der Waals surface area (Å²) in [6.45, 7) is 9.53. The van der Waals surface area contributed by atoms with Crippen molar-refractivity contribution in [3.8, 4) is 0 Å². The van der Waals surface area contributed by atoms with E-state index in [2.05, 4.69) is 33.0 Å². The molecule has 4 fully saturated rings. The van der Waals surface area contributed by atoms with E-state index in [4.69, 9.17) is 0 Å². The predicted octanol–water partition coefficient (Wildman–Crippen LogP) is 4.04. The molecule has 0 radical (unpaired) electrons. The maximum absolute atomic E-state index is 13.0. The molecule has 22 heavy (non-hydrogen) atoms. The molecule has 0 aromatic carbocycles. The number of Topliss-reactive ketones (excluding diaryl/α,β-unsaturated/α-hetero) is 1. The third-order valence-electron chi connectivity index (χ3n) is 7.91. The first-order chi connectivity index (χ1) is 10.4. The maximum atomic E-state index is 13.0. The van der Waals surface area contributed by atoms with Crippen LogP contribution in [0.2, 0.25) is 0 Å². The Balaban J connectivity index is 1.68. The third kappa shape index (κ3) is 2.12. The van der Waals surface area contributed by atoms with Crippen molar-refractivity contribution in [3.05, 3.63) is 0 Å². The molecule has 1 saturated heterocycles. The van der Waals surface area contributed by atoms with Crippen LogP contribution in [0.4, 0.5) is 0 Å². The number of carbonyl (C=O) groups excluding carboxylic acids is 1. The van der Waals surface area contributed by atoms with Gasteiger partial charge in [0.25, 0.3) is 0 Å². The Kier molecular flexibility index (Phi) is 3.49. The number of fused-ring (bicyclic) bond motifs is 5. The van der Waals surface area contributed by atoms with Gasteiger partial charge in [0.2, 0.25) is 0 Å². The molecule has 0 aromatic heterocycles. The number of hydrogen-bond acceptors (Lipinski definition) is 2. The van der Waals surface area contributed by atoms with Gasteiger partial charge in [-0.2, -0.15) is 0 Å². The second-order valence-electron chi connectivity index (χ2n) is 9.74. The third-order valence-corrected chi connectivity index (χ3v) is 7.91. The molecule has 0 amide bonds. The predicted molar refractivity (Wildman–Crippen MR) is 89.5 cm³/mol. The fraction of sp³-hybridized carbons (Fsp3) is 0.950. The van der Waals surface area contributed by atoms with Gasteiger partial charge in [-0.1, -0.05) is 40.5 Å². The Morgan fingerprint density at radius 1 is 1.05 bits per heavy atom. The van der Waals surface area contributed by atoms with Crippen LogP contribution >= 0.6 is 0 Å². The molecule has 4 aliphatic rings. The first-order valence-corrected chi connectivity index (χ1v) is 9.68. The van der Waals surface area contributed by atoms with Crippen molar-refractivity contribution < 1.29 is 4.79 Å². The monoisotopic (exact) mass is 303 g/mol. The van der Waals surface area contributed by atoms with E-state index in [0.29, 0.717) is 35.6 Å². The topological polar surface area (TPSA) is 29.1 Å². The fourth-order valence-corrected chi connectivity index (χ4v) is 6.90. The minimum atomic E-state index is 0.213. The van der Waals surface area contributed by atoms with Crippen LogP contribution in [0.1, 0.15) is 66.2 Å². The van der Waals surface area contributed by atoms with Gasteiger partial charge in [0.05, 0.1) is 0 Å². The highest BCUT2D eigenvalue weighted by molar-refractivity contribution is 5.84. The summed E-state index contributed by atoms with van der Waals surface area (Å²) < 4.78 is 0. The Labute approximate surface area is 135 Å². The maximum Gasteiger partial charge on any atom is 0.138 e. The summed E-state index contributed by atoms with van der Waals surface area (Å²) in [5.41, 5.74) is 0.213. The quantitative estimate of drug-likeness (QED) is 0.732. The van der Waals surface area contributed by atoms with Gasteiger partial charge in [-0.15, -0.1) is 0 Å². The van der Waals surface area contributed by atoms with E-state index in [-0.39, 0.29) is 5.41 Å². The van der Waals surface area contributed by atoms with Crippen LogP contribution in [0, 0.1) is 40.9 Å². The van der Waals surface area contributed by atoms with Crippen LogP contribution in [0.3, 0.4) is 0 Å². The van der Waals surface area contributed by atoms with Crippen molar-refractivity contribution >= 4 is 5.78 Å². The summed E-state index contributed by atoms with van der Waals surface area (Å²) in [5.74, 6) is 4.58. The Morgan fingerprint density at radius 2 is 1.77 bits per heavy atom. The van der Waals surface area contributed by atoms with Gasteiger partial charge >= 0.3 is 0 Å². The lowest BCUT2D eigenvalue weighted by molar-refractivity contribution is -0.139. The van der Waals surface area contributed by atoms with Gasteiger partial charge in [0.1, 0.15) is 5.78 Å². The van der Waals surface area contributed by atoms with Gasteiger partial charge in [0.15, 0.2) is 0 Å². The van der Waals surface area contributed by atoms with E-state index in [9.17, 15) is 4.79 Å². The number of ketones is 1. The van der Waals surface area contributed by atoms with Gasteiger partial charge < -0.3 is 5.32 Å². The second kappa shape index (κ2) is 5.06. The molecule has 3 saturated carbocycles. The van der Waals surface area contributed by atoms with Gasteiger partial charge in [-0.05, 0) is 54.3 Å². The summed E-state index contributed by atoms with van der Waals surface area (Å²) >= 11 is 0. The molecule has 124 valence electrons. The highest BCUT2D eigenvalue weighted by Crippen LogP contribution is 2.57. The first-order valence-electron chi connectivity index (χ1n) is 9.68. The molecule has 0 bridgehead atoms. The van der Waals surface area contributed by atoms with Crippen molar-refractivity contribution in [1.29, 1.82) is 0 Å². The highest BCUT2D eigenvalue weighted by Gasteiger charge is 2.59. The largest absolute Gasteiger partial charge is 0.310 e. The van der Waals surface area contributed by atoms with Gasteiger partial charge in [0, 0.05) is 24.4 Å². The van der Waals surface area contributed by atoms with Crippen LogP contribution in [-0.4, -0.2) is 17.9 Å². The smallest absolute Gasteiger partial charge is 0.138 e. The lowest BCUT2D eigenvalue weighted by Crippen LogP contribution is -2.57. The average Bonchev–Trinajstić information content (AvgIpc) is 2.82. The minimum Gasteiger partial charge on any atom is -0.310 e. The van der Waals surface area contributed by atoms with E-state index in [1.807, 2.05) is 0 Å². The molecule has 3 aliphatic carbocycles. The molecule has 0 spiro atoms. The average molecular weight is 303 g/mol. The second-order valence-corrected chi connectivity index (χ2v) is 9.74. The zero-order chi connectivity index (χ0) is 15.6. The standard InChI is InChI=1S/C20H33NO/c1-11-12(2)17-13-7-5-6-8-15(13)21-19(17)18-14(11)9-20(3,4)10-16(18)22/h11-15,17-19,21H,5-10H2,1-4H3. The SMILES string of the molecule is CC1C(C)C2C3CCCCC3NC2C2C(=O)CC(C)(C)CC12. The molecule has 1 aliphatic heterocycles. The van der Waals surface area contributed by atoms with Crippen LogP contribution in [0.25, 0.3) is 0 Å². The van der Waals surface area contributed by atoms with Gasteiger partial charge in [-0.25, -0.2) is 0 Å². The molecule has 1 N–H and O–H groups in total. The van der Waals surface area contributed by atoms with Crippen LogP contribution in [0.5, 0.6) is 0 Å². The molecule has 8 atom stereocenters. The summed E-state index contributed by atoms with van der Waals surface area (Å²) in [6, 6.07) is 1.20. The van der Waals surface area contributed by atoms with E-state index in [0.717, 1.165) is 24.2 Å². The van der Waals surface area contributed by atoms with E-state index in [1.54, 1.807) is 0 Å². The molecule has 4 rings (SSSR count). The van der Waals surface area contributed by atoms with Crippen molar-refractivity contribution in [2.24, 2.45) is 40.9 Å². The van der Waals surface area contributed by atoms with E-state index in [1.165, 1.54) is 32.1 Å². The van der Waals surface area contributed by atoms with Crippen LogP contribution in [0.15, 0.2) is 0 Å². The Morgan fingerprint density at radius 3 is 2.55 bits per heavy atom. The summed E-state index contributed by atoms with van der Waals surface area (Å²) in [7, 11) is 0. The number of rotatable bonds is 0. The zero-order valence-electron chi connectivity index (χ0n) is 14.8. The van der Waals surface area contributed by atoms with E-state index >= 15 is 0 Å². The first kappa shape index (κ1) is 15.2. The van der Waals surface area contributed by atoms with Crippen molar-refractivity contribution in [2.45, 2.75) is 78.3 Å². The Hall–Kier alpha value is -0.370. The normalized spacial score (nSPS) is 53.5. The lowest BCUT2D eigenvalue weighted by atomic mass is 9.51. The molecule has 2 heteroatoms. The lowest BCUT2D eigenvalue weighted by Gasteiger charge is -2.53. The van der Waals surface area contributed by atoms with Crippen molar-refractivity contribution in [1.82, 2.24) is 5.32 Å². The van der Waals surface area contributed by atoms with Crippen LogP contribution in [-0.2, 0) is 4.79 Å². The van der Waals surface area contributed by atoms with Crippen LogP contribution < -0.4 is 5.32 Å². The van der Waals surface area contributed by atoms with E-state index < -0.39 is 0 Å². The molecular weight excluding hydrogens is 270 g/mol. The van der Waals surface area contributed by atoms with Gasteiger partial charge in [-0.3, -0.25) is 4.79 Å². The Bertz CT molecular complexity index is 470. The highest BCUT2D eigenvalue weighted by atomic mass is 16.1. The molecule has 0 aromatic rings. The molecular formula is C20H33NO. The number of carbonyl (C=O) groups is 1. The zero-order valence-corrected chi connectivity index (χ0v) is 14.8. The fourth-order valence-electron chi connectivity index (χ4n) is 6.90. The van der Waals surface area contributed by atoms with Crippen molar-refractivity contribution in [3.63, 3.8) is 0 Å². The molecule has 1 heterocycles. The number of nitrogens with one attached hydrogen (secondary N) is 1. The van der Waals surface area contributed by atoms with Crippen molar-refractivity contribution in [2.75, 3.05) is 0 Å². The minimum absolute atomic E-state index is 0.213. The summed E-state index contributed by atoms with van der Waals surface area (Å²) in [4.78, 5) is 13.0.